The lowest BCUT2D eigenvalue weighted by Crippen LogP contribution is -1.80. The molecule has 2 rings (SSSR count). The van der Waals surface area contributed by atoms with Gasteiger partial charge >= 0.3 is 0 Å². The molecule has 2 aromatic rings. The summed E-state index contributed by atoms with van der Waals surface area (Å²) in [6.45, 7) is 2.66. The van der Waals surface area contributed by atoms with Crippen molar-refractivity contribution < 1.29 is 9.53 Å². The summed E-state index contributed by atoms with van der Waals surface area (Å²) in [5.41, 5.74) is 0. The normalized spacial score (nSPS) is 8.31. The molecular formula is C13H15ClO2. The first-order valence-electron chi connectivity index (χ1n) is 4.87. The number of hydrogen-bond acceptors (Lipinski definition) is 2. The molecule has 2 aromatic carbocycles. The third kappa shape index (κ3) is 4.80. The third-order valence-electron chi connectivity index (χ3n) is 1.89. The van der Waals surface area contributed by atoms with Crippen molar-refractivity contribution in [2.75, 3.05) is 6.61 Å². The van der Waals surface area contributed by atoms with Crippen molar-refractivity contribution in [3.05, 3.63) is 48.5 Å². The largest absolute Gasteiger partial charge is 0.468 e. The molecule has 0 amide bonds. The maximum Gasteiger partial charge on any atom is 0.293 e. The van der Waals surface area contributed by atoms with Gasteiger partial charge in [-0.05, 0) is 17.7 Å². The van der Waals surface area contributed by atoms with Gasteiger partial charge in [-0.1, -0.05) is 48.5 Å². The minimum absolute atomic E-state index is 0. The van der Waals surface area contributed by atoms with Crippen LogP contribution in [0.15, 0.2) is 48.5 Å². The molecule has 0 spiro atoms. The van der Waals surface area contributed by atoms with Crippen LogP contribution in [0.25, 0.3) is 10.8 Å². The molecule has 0 fully saturated rings. The Balaban J connectivity index is 0.000000330. The second kappa shape index (κ2) is 8.74. The first kappa shape index (κ1) is 14.5. The summed E-state index contributed by atoms with van der Waals surface area (Å²) in [4.78, 5) is 9.18. The average Bonchev–Trinajstić information content (AvgIpc) is 2.31. The lowest BCUT2D eigenvalue weighted by atomic mass is 10.1. The number of fused-ring (bicyclic) bond motifs is 1. The van der Waals surface area contributed by atoms with Crippen molar-refractivity contribution in [3.63, 3.8) is 0 Å². The molecule has 0 unspecified atom stereocenters. The molecule has 86 valence electrons. The minimum atomic E-state index is 0. The van der Waals surface area contributed by atoms with Crippen LogP contribution in [0, 0.1) is 0 Å². The summed E-state index contributed by atoms with van der Waals surface area (Å²) in [6, 6.07) is 16.7. The molecule has 0 atom stereocenters. The SMILES string of the molecule is CCOC=O.Cl.c1ccc2ccccc2c1. The van der Waals surface area contributed by atoms with Gasteiger partial charge in [-0.3, -0.25) is 4.79 Å². The Hall–Kier alpha value is -1.54. The summed E-state index contributed by atoms with van der Waals surface area (Å²) in [7, 11) is 0. The Bertz CT molecular complexity index is 350. The number of ether oxygens (including phenoxy) is 1. The fourth-order valence-corrected chi connectivity index (χ4v) is 1.20. The molecule has 0 bridgehead atoms. The van der Waals surface area contributed by atoms with E-state index in [2.05, 4.69) is 53.3 Å². The number of carbonyl (C=O) groups excluding carboxylic acids is 1. The van der Waals surface area contributed by atoms with E-state index in [0.717, 1.165) is 0 Å². The molecular weight excluding hydrogens is 224 g/mol. The summed E-state index contributed by atoms with van der Waals surface area (Å²) < 4.78 is 4.15. The van der Waals surface area contributed by atoms with E-state index in [-0.39, 0.29) is 12.4 Å². The Morgan fingerprint density at radius 1 is 1.00 bits per heavy atom. The topological polar surface area (TPSA) is 26.3 Å². The van der Waals surface area contributed by atoms with Crippen LogP contribution in [0.1, 0.15) is 6.92 Å². The van der Waals surface area contributed by atoms with E-state index in [1.165, 1.54) is 10.8 Å². The van der Waals surface area contributed by atoms with Gasteiger partial charge in [-0.15, -0.1) is 12.4 Å². The third-order valence-corrected chi connectivity index (χ3v) is 1.89. The van der Waals surface area contributed by atoms with Gasteiger partial charge in [-0.2, -0.15) is 0 Å². The molecule has 0 aromatic heterocycles. The predicted octanol–water partition coefficient (Wildman–Crippen LogP) is 3.44. The van der Waals surface area contributed by atoms with E-state index < -0.39 is 0 Å². The Morgan fingerprint density at radius 3 is 1.56 bits per heavy atom. The van der Waals surface area contributed by atoms with Gasteiger partial charge in [0, 0.05) is 0 Å². The van der Waals surface area contributed by atoms with Gasteiger partial charge in [0.2, 0.25) is 0 Å². The van der Waals surface area contributed by atoms with Gasteiger partial charge in [0.05, 0.1) is 6.61 Å². The van der Waals surface area contributed by atoms with Crippen LogP contribution in [0.2, 0.25) is 0 Å². The zero-order chi connectivity index (χ0) is 10.9. The smallest absolute Gasteiger partial charge is 0.293 e. The monoisotopic (exact) mass is 238 g/mol. The van der Waals surface area contributed by atoms with Crippen LogP contribution in [0.3, 0.4) is 0 Å². The summed E-state index contributed by atoms with van der Waals surface area (Å²) >= 11 is 0. The fourth-order valence-electron chi connectivity index (χ4n) is 1.20. The zero-order valence-corrected chi connectivity index (χ0v) is 9.94. The van der Waals surface area contributed by atoms with Crippen molar-refractivity contribution in [1.82, 2.24) is 0 Å². The molecule has 16 heavy (non-hydrogen) atoms. The van der Waals surface area contributed by atoms with Gasteiger partial charge in [0.25, 0.3) is 6.47 Å². The molecule has 0 aliphatic heterocycles. The highest BCUT2D eigenvalue weighted by molar-refractivity contribution is 5.85. The molecule has 3 heteroatoms. The lowest BCUT2D eigenvalue weighted by molar-refractivity contribution is -0.128. The van der Waals surface area contributed by atoms with Gasteiger partial charge in [0.1, 0.15) is 0 Å². The average molecular weight is 239 g/mol. The van der Waals surface area contributed by atoms with E-state index in [1.54, 1.807) is 6.92 Å². The Labute approximate surface area is 102 Å². The van der Waals surface area contributed by atoms with Crippen molar-refractivity contribution in [1.29, 1.82) is 0 Å². The van der Waals surface area contributed by atoms with Crippen LogP contribution in [-0.4, -0.2) is 13.1 Å². The van der Waals surface area contributed by atoms with Crippen molar-refractivity contribution in [3.8, 4) is 0 Å². The Kier molecular flexibility index (Phi) is 7.90. The summed E-state index contributed by atoms with van der Waals surface area (Å²) in [5.74, 6) is 0. The highest BCUT2D eigenvalue weighted by Gasteiger charge is 1.85. The van der Waals surface area contributed by atoms with Crippen LogP contribution in [0.4, 0.5) is 0 Å². The molecule has 0 N–H and O–H groups in total. The molecule has 0 saturated heterocycles. The first-order valence-corrected chi connectivity index (χ1v) is 4.87. The standard InChI is InChI=1S/C10H8.C3H6O2.ClH/c1-2-6-10-8-4-3-7-9(10)5-1;1-2-5-3-4;/h1-8H;3H,2H2,1H3;1H. The summed E-state index contributed by atoms with van der Waals surface area (Å²) in [6.07, 6.45) is 0. The van der Waals surface area contributed by atoms with Crippen molar-refractivity contribution >= 4 is 29.7 Å². The molecule has 0 aliphatic rings. The van der Waals surface area contributed by atoms with Crippen LogP contribution < -0.4 is 0 Å². The molecule has 0 radical (unpaired) electrons. The number of rotatable bonds is 2. The van der Waals surface area contributed by atoms with E-state index >= 15 is 0 Å². The maximum absolute atomic E-state index is 9.18. The van der Waals surface area contributed by atoms with Gasteiger partial charge in [-0.25, -0.2) is 0 Å². The van der Waals surface area contributed by atoms with Crippen molar-refractivity contribution in [2.45, 2.75) is 6.92 Å². The predicted molar refractivity (Wildman–Crippen MR) is 68.9 cm³/mol. The number of benzene rings is 2. The summed E-state index contributed by atoms with van der Waals surface area (Å²) in [5, 5.41) is 2.62. The van der Waals surface area contributed by atoms with Gasteiger partial charge < -0.3 is 4.74 Å². The van der Waals surface area contributed by atoms with E-state index in [9.17, 15) is 4.79 Å². The molecule has 0 aliphatic carbocycles. The maximum atomic E-state index is 9.18. The fraction of sp³-hybridized carbons (Fsp3) is 0.154. The van der Waals surface area contributed by atoms with Crippen molar-refractivity contribution in [2.24, 2.45) is 0 Å². The quantitative estimate of drug-likeness (QED) is 0.750. The highest BCUT2D eigenvalue weighted by Crippen LogP contribution is 2.11. The number of hydrogen-bond donors (Lipinski definition) is 0. The van der Waals surface area contributed by atoms with Crippen LogP contribution >= 0.6 is 12.4 Å². The van der Waals surface area contributed by atoms with Crippen LogP contribution in [-0.2, 0) is 9.53 Å². The zero-order valence-electron chi connectivity index (χ0n) is 9.13. The van der Waals surface area contributed by atoms with E-state index in [4.69, 9.17) is 0 Å². The van der Waals surface area contributed by atoms with E-state index in [0.29, 0.717) is 13.1 Å². The molecule has 0 saturated carbocycles. The van der Waals surface area contributed by atoms with Crippen LogP contribution in [0.5, 0.6) is 0 Å². The highest BCUT2D eigenvalue weighted by atomic mass is 35.5. The number of halogens is 1. The lowest BCUT2D eigenvalue weighted by Gasteiger charge is -1.92. The Morgan fingerprint density at radius 2 is 1.38 bits per heavy atom. The minimum Gasteiger partial charge on any atom is -0.468 e. The van der Waals surface area contributed by atoms with Gasteiger partial charge in [0.15, 0.2) is 0 Å². The van der Waals surface area contributed by atoms with E-state index in [1.807, 2.05) is 0 Å². The number of carbonyl (C=O) groups is 1. The second-order valence-corrected chi connectivity index (χ2v) is 2.90. The second-order valence-electron chi connectivity index (χ2n) is 2.90. The first-order chi connectivity index (χ1) is 7.38. The molecule has 0 heterocycles. The molecule has 2 nitrogen and oxygen atoms in total.